The second-order valence-electron chi connectivity index (χ2n) is 5.12. The molecule has 0 saturated carbocycles. The van der Waals surface area contributed by atoms with Crippen molar-refractivity contribution in [1.29, 1.82) is 0 Å². The van der Waals surface area contributed by atoms with Gasteiger partial charge in [0, 0.05) is 12.4 Å². The van der Waals surface area contributed by atoms with Crippen LogP contribution in [0.4, 0.5) is 0 Å². The van der Waals surface area contributed by atoms with Gasteiger partial charge in [-0.3, -0.25) is 14.4 Å². The van der Waals surface area contributed by atoms with E-state index in [0.29, 0.717) is 16.8 Å². The molecule has 1 N–H and O–H groups in total. The number of carbonyl (C=O) groups excluding carboxylic acids is 3. The minimum atomic E-state index is -0.442. The van der Waals surface area contributed by atoms with Crippen LogP contribution in [0.25, 0.3) is 0 Å². The summed E-state index contributed by atoms with van der Waals surface area (Å²) < 4.78 is 1.30. The minimum absolute atomic E-state index is 0.238. The summed E-state index contributed by atoms with van der Waals surface area (Å²) in [5.74, 6) is -1.18. The molecular formula is C17H11N3O3. The van der Waals surface area contributed by atoms with Crippen molar-refractivity contribution in [2.75, 3.05) is 5.01 Å². The Labute approximate surface area is 130 Å². The second kappa shape index (κ2) is 4.81. The molecule has 0 radical (unpaired) electrons. The zero-order valence-electron chi connectivity index (χ0n) is 11.9. The first-order valence-corrected chi connectivity index (χ1v) is 7.02. The summed E-state index contributed by atoms with van der Waals surface area (Å²) in [5, 5.41) is 0.987. The number of imide groups is 1. The Kier molecular flexibility index (Phi) is 2.77. The molecule has 23 heavy (non-hydrogen) atoms. The van der Waals surface area contributed by atoms with Crippen LogP contribution < -0.4 is 5.01 Å². The van der Waals surface area contributed by atoms with Gasteiger partial charge in [-0.05, 0) is 36.4 Å². The third kappa shape index (κ3) is 1.85. The van der Waals surface area contributed by atoms with Crippen molar-refractivity contribution in [3.05, 3.63) is 83.4 Å². The van der Waals surface area contributed by atoms with Crippen molar-refractivity contribution in [1.82, 2.24) is 9.66 Å². The Morgan fingerprint density at radius 1 is 0.870 bits per heavy atom. The van der Waals surface area contributed by atoms with Crippen LogP contribution in [0.5, 0.6) is 0 Å². The van der Waals surface area contributed by atoms with Crippen LogP contribution >= 0.6 is 0 Å². The average molecular weight is 305 g/mol. The molecule has 1 aliphatic heterocycles. The number of nitrogens with zero attached hydrogens (tertiary/aromatic N) is 2. The van der Waals surface area contributed by atoms with Crippen LogP contribution in [0.1, 0.15) is 36.9 Å². The number of carbonyl (C=O) groups is 3. The molecule has 0 spiro atoms. The molecule has 6 nitrogen and oxygen atoms in total. The molecule has 3 aromatic rings. The van der Waals surface area contributed by atoms with Gasteiger partial charge in [0.15, 0.2) is 0 Å². The van der Waals surface area contributed by atoms with Crippen LogP contribution in [0.3, 0.4) is 0 Å². The fourth-order valence-electron chi connectivity index (χ4n) is 2.71. The second-order valence-corrected chi connectivity index (χ2v) is 5.12. The van der Waals surface area contributed by atoms with Crippen molar-refractivity contribution in [2.45, 2.75) is 0 Å². The summed E-state index contributed by atoms with van der Waals surface area (Å²) in [7, 11) is 0. The van der Waals surface area contributed by atoms with Crippen LogP contribution in [-0.2, 0) is 0 Å². The Bertz CT molecular complexity index is 903. The molecule has 112 valence electrons. The monoisotopic (exact) mass is 305 g/mol. The van der Waals surface area contributed by atoms with Gasteiger partial charge in [0.1, 0.15) is 5.69 Å². The molecule has 0 unspecified atom stereocenters. The fraction of sp³-hybridized carbons (Fsp3) is 0. The number of fused-ring (bicyclic) bond motifs is 1. The highest BCUT2D eigenvalue weighted by Crippen LogP contribution is 2.23. The van der Waals surface area contributed by atoms with E-state index in [1.165, 1.54) is 10.9 Å². The first-order chi connectivity index (χ1) is 11.2. The molecule has 0 aliphatic carbocycles. The van der Waals surface area contributed by atoms with E-state index in [1.807, 2.05) is 0 Å². The van der Waals surface area contributed by atoms with E-state index in [0.717, 1.165) is 5.01 Å². The number of hydrogen-bond donors (Lipinski definition) is 1. The smallest absolute Gasteiger partial charge is 0.281 e. The third-order valence-corrected chi connectivity index (χ3v) is 3.79. The first-order valence-electron chi connectivity index (χ1n) is 7.02. The molecule has 0 saturated heterocycles. The number of H-pyrrole nitrogens is 1. The summed E-state index contributed by atoms with van der Waals surface area (Å²) in [6.07, 6.45) is 3.17. The molecule has 3 heterocycles. The van der Waals surface area contributed by atoms with Crippen molar-refractivity contribution in [2.24, 2.45) is 0 Å². The van der Waals surface area contributed by atoms with Crippen LogP contribution in [0, 0.1) is 0 Å². The lowest BCUT2D eigenvalue weighted by Gasteiger charge is -2.17. The minimum Gasteiger partial charge on any atom is -0.358 e. The number of rotatable bonds is 3. The quantitative estimate of drug-likeness (QED) is 0.594. The number of aromatic amines is 1. The molecule has 2 amide bonds. The lowest BCUT2D eigenvalue weighted by Crippen LogP contribution is -2.41. The molecule has 0 atom stereocenters. The summed E-state index contributed by atoms with van der Waals surface area (Å²) in [5.41, 5.74) is 1.30. The van der Waals surface area contributed by atoms with Crippen molar-refractivity contribution >= 4 is 17.6 Å². The lowest BCUT2D eigenvalue weighted by atomic mass is 10.1. The van der Waals surface area contributed by atoms with Gasteiger partial charge in [0.2, 0.25) is 5.78 Å². The molecule has 1 aromatic carbocycles. The maximum atomic E-state index is 12.5. The number of amides is 2. The van der Waals surface area contributed by atoms with E-state index in [-0.39, 0.29) is 11.5 Å². The van der Waals surface area contributed by atoms with E-state index in [2.05, 4.69) is 4.98 Å². The van der Waals surface area contributed by atoms with Gasteiger partial charge in [-0.25, -0.2) is 4.68 Å². The summed E-state index contributed by atoms with van der Waals surface area (Å²) in [6.45, 7) is 0. The van der Waals surface area contributed by atoms with Gasteiger partial charge < -0.3 is 4.98 Å². The van der Waals surface area contributed by atoms with Crippen molar-refractivity contribution in [3.8, 4) is 0 Å². The van der Waals surface area contributed by atoms with Crippen molar-refractivity contribution in [3.63, 3.8) is 0 Å². The number of aromatic nitrogens is 2. The number of ketones is 1. The Hall–Kier alpha value is -3.41. The van der Waals surface area contributed by atoms with Gasteiger partial charge in [-0.2, -0.15) is 5.01 Å². The topological polar surface area (TPSA) is 75.2 Å². The number of nitrogens with one attached hydrogen (secondary N) is 1. The third-order valence-electron chi connectivity index (χ3n) is 3.79. The van der Waals surface area contributed by atoms with Gasteiger partial charge in [-0.15, -0.1) is 0 Å². The predicted molar refractivity (Wildman–Crippen MR) is 82.0 cm³/mol. The molecular weight excluding hydrogens is 294 g/mol. The summed E-state index contributed by atoms with van der Waals surface area (Å²) in [6, 6.07) is 13.2. The largest absolute Gasteiger partial charge is 0.358 e. The average Bonchev–Trinajstić information content (AvgIpc) is 3.29. The van der Waals surface area contributed by atoms with Crippen LogP contribution in [-0.4, -0.2) is 27.3 Å². The van der Waals surface area contributed by atoms with Crippen LogP contribution in [0.2, 0.25) is 0 Å². The molecule has 0 fully saturated rings. The Morgan fingerprint density at radius 2 is 1.57 bits per heavy atom. The maximum Gasteiger partial charge on any atom is 0.281 e. The van der Waals surface area contributed by atoms with Crippen LogP contribution in [0.15, 0.2) is 60.9 Å². The van der Waals surface area contributed by atoms with Gasteiger partial charge >= 0.3 is 0 Å². The number of hydrogen-bond acceptors (Lipinski definition) is 3. The van der Waals surface area contributed by atoms with E-state index in [4.69, 9.17) is 0 Å². The SMILES string of the molecule is O=C(c1ccc[nH]1)c1cccn1N1C(=O)c2ccccc2C1=O. The number of benzene rings is 1. The molecule has 6 heteroatoms. The van der Waals surface area contributed by atoms with Gasteiger partial charge in [0.05, 0.1) is 16.8 Å². The van der Waals surface area contributed by atoms with Gasteiger partial charge in [-0.1, -0.05) is 12.1 Å². The van der Waals surface area contributed by atoms with E-state index in [9.17, 15) is 14.4 Å². The Balaban J connectivity index is 1.79. The molecule has 0 bridgehead atoms. The zero-order chi connectivity index (χ0) is 16.0. The summed E-state index contributed by atoms with van der Waals surface area (Å²) in [4.78, 5) is 40.4. The summed E-state index contributed by atoms with van der Waals surface area (Å²) >= 11 is 0. The lowest BCUT2D eigenvalue weighted by molar-refractivity contribution is 0.0884. The van der Waals surface area contributed by atoms with E-state index >= 15 is 0 Å². The normalized spacial score (nSPS) is 13.5. The van der Waals surface area contributed by atoms with E-state index in [1.54, 1.807) is 54.7 Å². The highest BCUT2D eigenvalue weighted by Gasteiger charge is 2.38. The van der Waals surface area contributed by atoms with Crippen molar-refractivity contribution < 1.29 is 14.4 Å². The standard InChI is InChI=1S/C17H11N3O3/c21-15(13-7-3-9-18-13)14-8-4-10-19(14)20-16(22)11-5-1-2-6-12(11)17(20)23/h1-10,18H. The maximum absolute atomic E-state index is 12.5. The fourth-order valence-corrected chi connectivity index (χ4v) is 2.71. The molecule has 2 aromatic heterocycles. The first kappa shape index (κ1) is 13.3. The zero-order valence-corrected chi connectivity index (χ0v) is 11.9. The molecule has 1 aliphatic rings. The molecule has 4 rings (SSSR count). The highest BCUT2D eigenvalue weighted by atomic mass is 16.2. The predicted octanol–water partition coefficient (Wildman–Crippen LogP) is 1.98. The van der Waals surface area contributed by atoms with E-state index < -0.39 is 11.8 Å². The van der Waals surface area contributed by atoms with Gasteiger partial charge in [0.25, 0.3) is 11.8 Å². The Morgan fingerprint density at radius 3 is 2.17 bits per heavy atom. The highest BCUT2D eigenvalue weighted by molar-refractivity contribution is 6.31.